The molecule has 1 saturated heterocycles. The van der Waals surface area contributed by atoms with E-state index in [9.17, 15) is 13.2 Å². The SMILES string of the molecule is CNC(CN1CCN(S(C)(=O)=O)CC1)C(N)=O. The highest BCUT2D eigenvalue weighted by molar-refractivity contribution is 7.88. The van der Waals surface area contributed by atoms with Crippen LogP contribution in [0.5, 0.6) is 0 Å². The topological polar surface area (TPSA) is 95.7 Å². The third-order valence-corrected chi connectivity index (χ3v) is 4.24. The number of nitrogens with two attached hydrogens (primary N) is 1. The summed E-state index contributed by atoms with van der Waals surface area (Å²) in [5, 5.41) is 2.84. The van der Waals surface area contributed by atoms with Crippen molar-refractivity contribution in [3.63, 3.8) is 0 Å². The van der Waals surface area contributed by atoms with Gasteiger partial charge in [0.1, 0.15) is 0 Å². The summed E-state index contributed by atoms with van der Waals surface area (Å²) in [6, 6.07) is -0.389. The van der Waals surface area contributed by atoms with E-state index in [0.29, 0.717) is 32.7 Å². The Morgan fingerprint density at radius 1 is 1.35 bits per heavy atom. The van der Waals surface area contributed by atoms with Crippen LogP contribution in [-0.2, 0) is 14.8 Å². The van der Waals surface area contributed by atoms with Crippen molar-refractivity contribution in [3.8, 4) is 0 Å². The fraction of sp³-hybridized carbons (Fsp3) is 0.889. The van der Waals surface area contributed by atoms with Crippen LogP contribution in [0, 0.1) is 0 Å². The summed E-state index contributed by atoms with van der Waals surface area (Å²) in [5.74, 6) is -0.391. The summed E-state index contributed by atoms with van der Waals surface area (Å²) in [6.07, 6.45) is 1.21. The predicted octanol–water partition coefficient (Wildman–Crippen LogP) is -2.36. The Balaban J connectivity index is 2.45. The minimum absolute atomic E-state index is 0.389. The van der Waals surface area contributed by atoms with Crippen molar-refractivity contribution in [2.45, 2.75) is 6.04 Å². The van der Waals surface area contributed by atoms with Gasteiger partial charge in [-0.3, -0.25) is 9.69 Å². The zero-order valence-electron chi connectivity index (χ0n) is 10.2. The number of hydrogen-bond acceptors (Lipinski definition) is 5. The second-order valence-corrected chi connectivity index (χ2v) is 6.19. The molecule has 0 aromatic heterocycles. The maximum Gasteiger partial charge on any atom is 0.235 e. The lowest BCUT2D eigenvalue weighted by molar-refractivity contribution is -0.120. The Bertz CT molecular complexity index is 362. The molecule has 1 amide bonds. The molecular formula is C9H20N4O3S. The van der Waals surface area contributed by atoms with Crippen LogP contribution in [0.25, 0.3) is 0 Å². The number of likely N-dealkylation sites (N-methyl/N-ethyl adjacent to an activating group) is 1. The number of piperazine rings is 1. The van der Waals surface area contributed by atoms with Crippen molar-refractivity contribution in [2.75, 3.05) is 46.0 Å². The lowest BCUT2D eigenvalue weighted by Crippen LogP contribution is -2.54. The molecule has 3 N–H and O–H groups in total. The van der Waals surface area contributed by atoms with Gasteiger partial charge in [0.25, 0.3) is 0 Å². The highest BCUT2D eigenvalue weighted by Crippen LogP contribution is 2.06. The summed E-state index contributed by atoms with van der Waals surface area (Å²) in [4.78, 5) is 13.1. The number of primary amides is 1. The number of nitrogens with one attached hydrogen (secondary N) is 1. The molecule has 1 unspecified atom stereocenters. The van der Waals surface area contributed by atoms with Crippen LogP contribution < -0.4 is 11.1 Å². The molecule has 0 radical (unpaired) electrons. The average Bonchev–Trinajstić information content (AvgIpc) is 2.25. The van der Waals surface area contributed by atoms with E-state index in [1.165, 1.54) is 10.6 Å². The molecule has 7 nitrogen and oxygen atoms in total. The fourth-order valence-electron chi connectivity index (χ4n) is 1.83. The first-order valence-corrected chi connectivity index (χ1v) is 7.33. The van der Waals surface area contributed by atoms with Crippen molar-refractivity contribution in [2.24, 2.45) is 5.73 Å². The number of amides is 1. The molecule has 1 atom stereocenters. The molecule has 1 heterocycles. The predicted molar refractivity (Wildman–Crippen MR) is 64.9 cm³/mol. The Hall–Kier alpha value is -0.700. The summed E-state index contributed by atoms with van der Waals surface area (Å²) < 4.78 is 24.0. The van der Waals surface area contributed by atoms with Crippen LogP contribution >= 0.6 is 0 Å². The number of carbonyl (C=O) groups is 1. The van der Waals surface area contributed by atoms with Gasteiger partial charge in [0, 0.05) is 32.7 Å². The van der Waals surface area contributed by atoms with Crippen molar-refractivity contribution in [1.29, 1.82) is 0 Å². The van der Waals surface area contributed by atoms with Crippen molar-refractivity contribution < 1.29 is 13.2 Å². The summed E-state index contributed by atoms with van der Waals surface area (Å²) >= 11 is 0. The van der Waals surface area contributed by atoms with Crippen LogP contribution in [0.4, 0.5) is 0 Å². The van der Waals surface area contributed by atoms with Gasteiger partial charge in [-0.15, -0.1) is 0 Å². The van der Waals surface area contributed by atoms with Gasteiger partial charge in [-0.05, 0) is 7.05 Å². The largest absolute Gasteiger partial charge is 0.368 e. The molecule has 0 aromatic rings. The third-order valence-electron chi connectivity index (χ3n) is 2.93. The number of rotatable bonds is 5. The van der Waals surface area contributed by atoms with Crippen LogP contribution in [0.3, 0.4) is 0 Å². The van der Waals surface area contributed by atoms with Gasteiger partial charge in [-0.2, -0.15) is 4.31 Å². The third kappa shape index (κ3) is 4.23. The van der Waals surface area contributed by atoms with E-state index in [1.54, 1.807) is 7.05 Å². The van der Waals surface area contributed by atoms with Gasteiger partial charge in [-0.25, -0.2) is 8.42 Å². The van der Waals surface area contributed by atoms with Crippen molar-refractivity contribution in [1.82, 2.24) is 14.5 Å². The zero-order valence-corrected chi connectivity index (χ0v) is 11.0. The van der Waals surface area contributed by atoms with Gasteiger partial charge >= 0.3 is 0 Å². The van der Waals surface area contributed by atoms with Gasteiger partial charge in [0.15, 0.2) is 0 Å². The molecule has 1 rings (SSSR count). The van der Waals surface area contributed by atoms with Crippen LogP contribution in [0.1, 0.15) is 0 Å². The van der Waals surface area contributed by atoms with E-state index in [2.05, 4.69) is 5.32 Å². The number of sulfonamides is 1. The molecule has 0 aromatic carbocycles. The number of hydrogen-bond donors (Lipinski definition) is 2. The Morgan fingerprint density at radius 2 is 1.88 bits per heavy atom. The zero-order chi connectivity index (χ0) is 13.1. The molecule has 100 valence electrons. The lowest BCUT2D eigenvalue weighted by Gasteiger charge is -2.34. The molecule has 0 saturated carbocycles. The van der Waals surface area contributed by atoms with Gasteiger partial charge < -0.3 is 11.1 Å². The highest BCUT2D eigenvalue weighted by Gasteiger charge is 2.25. The molecule has 1 aliphatic rings. The minimum Gasteiger partial charge on any atom is -0.368 e. The first kappa shape index (κ1) is 14.4. The van der Waals surface area contributed by atoms with E-state index in [-0.39, 0.29) is 6.04 Å². The van der Waals surface area contributed by atoms with Gasteiger partial charge in [0.05, 0.1) is 12.3 Å². The van der Waals surface area contributed by atoms with E-state index in [1.807, 2.05) is 4.90 Å². The highest BCUT2D eigenvalue weighted by atomic mass is 32.2. The number of carbonyl (C=O) groups excluding carboxylic acids is 1. The molecule has 0 aliphatic carbocycles. The van der Waals surface area contributed by atoms with Crippen molar-refractivity contribution in [3.05, 3.63) is 0 Å². The molecule has 1 aliphatic heterocycles. The first-order chi connectivity index (χ1) is 7.84. The summed E-state index contributed by atoms with van der Waals surface area (Å²) in [7, 11) is -1.42. The maximum absolute atomic E-state index is 11.3. The molecule has 0 spiro atoms. The Labute approximate surface area is 102 Å². The second kappa shape index (κ2) is 5.76. The minimum atomic E-state index is -3.10. The molecule has 1 fully saturated rings. The van der Waals surface area contributed by atoms with Gasteiger partial charge in [0.2, 0.25) is 15.9 Å². The standard InChI is InChI=1S/C9H20N4O3S/c1-11-8(9(10)14)7-12-3-5-13(6-4-12)17(2,15)16/h8,11H,3-7H2,1-2H3,(H2,10,14). The Morgan fingerprint density at radius 3 is 2.24 bits per heavy atom. The second-order valence-electron chi connectivity index (χ2n) is 4.21. The van der Waals surface area contributed by atoms with Crippen LogP contribution in [-0.4, -0.2) is 75.6 Å². The summed E-state index contributed by atoms with van der Waals surface area (Å²) in [6.45, 7) is 2.70. The monoisotopic (exact) mass is 264 g/mol. The van der Waals surface area contributed by atoms with Gasteiger partial charge in [-0.1, -0.05) is 0 Å². The van der Waals surface area contributed by atoms with Crippen molar-refractivity contribution >= 4 is 15.9 Å². The van der Waals surface area contributed by atoms with Crippen LogP contribution in [0.2, 0.25) is 0 Å². The van der Waals surface area contributed by atoms with E-state index in [4.69, 9.17) is 5.73 Å². The maximum atomic E-state index is 11.3. The number of nitrogens with zero attached hydrogens (tertiary/aromatic N) is 2. The lowest BCUT2D eigenvalue weighted by atomic mass is 10.2. The van der Waals surface area contributed by atoms with Crippen LogP contribution in [0.15, 0.2) is 0 Å². The molecular weight excluding hydrogens is 244 g/mol. The molecule has 17 heavy (non-hydrogen) atoms. The molecule has 8 heteroatoms. The molecule has 0 bridgehead atoms. The van der Waals surface area contributed by atoms with E-state index >= 15 is 0 Å². The van der Waals surface area contributed by atoms with E-state index < -0.39 is 15.9 Å². The average molecular weight is 264 g/mol. The first-order valence-electron chi connectivity index (χ1n) is 5.48. The fourth-order valence-corrected chi connectivity index (χ4v) is 2.65. The Kier molecular flexibility index (Phi) is 4.87. The summed E-state index contributed by atoms with van der Waals surface area (Å²) in [5.41, 5.74) is 5.23. The smallest absolute Gasteiger partial charge is 0.235 e. The normalized spacial score (nSPS) is 21.3. The van der Waals surface area contributed by atoms with E-state index in [0.717, 1.165) is 0 Å². The quantitative estimate of drug-likeness (QED) is 0.579.